The number of para-hydroxylation sites is 1. The SMILES string of the molecule is CC(=O)Nc1ccccc1N=Nc1cc(S(=O)(=O)O)c2cccc(S(=O)(=O)O)c2c1. The molecule has 3 aromatic carbocycles. The molecule has 12 heteroatoms. The minimum Gasteiger partial charge on any atom is -0.324 e. The van der Waals surface area contributed by atoms with Crippen molar-refractivity contribution in [2.75, 3.05) is 5.32 Å². The first-order chi connectivity index (χ1) is 14.0. The normalized spacial score (nSPS) is 12.4. The number of hydrogen-bond acceptors (Lipinski definition) is 7. The van der Waals surface area contributed by atoms with Gasteiger partial charge in [-0.25, -0.2) is 0 Å². The Hall–Kier alpha value is -3.19. The summed E-state index contributed by atoms with van der Waals surface area (Å²) in [4.78, 5) is 10.2. The van der Waals surface area contributed by atoms with E-state index in [-0.39, 0.29) is 28.1 Å². The Balaban J connectivity index is 2.23. The van der Waals surface area contributed by atoms with Crippen LogP contribution in [0.4, 0.5) is 17.1 Å². The molecule has 0 radical (unpaired) electrons. The van der Waals surface area contributed by atoms with Gasteiger partial charge < -0.3 is 5.32 Å². The first kappa shape index (κ1) is 21.5. The number of carbonyl (C=O) groups excluding carboxylic acids is 1. The molecule has 0 bridgehead atoms. The quantitative estimate of drug-likeness (QED) is 0.395. The van der Waals surface area contributed by atoms with Crippen LogP contribution in [0.1, 0.15) is 6.92 Å². The van der Waals surface area contributed by atoms with Gasteiger partial charge in [-0.15, -0.1) is 5.11 Å². The summed E-state index contributed by atoms with van der Waals surface area (Å²) in [7, 11) is -9.45. The molecule has 1 amide bonds. The summed E-state index contributed by atoms with van der Waals surface area (Å²) < 4.78 is 66.1. The van der Waals surface area contributed by atoms with Crippen LogP contribution < -0.4 is 5.32 Å². The van der Waals surface area contributed by atoms with Crippen LogP contribution in [-0.2, 0) is 25.0 Å². The summed E-state index contributed by atoms with van der Waals surface area (Å²) >= 11 is 0. The lowest BCUT2D eigenvalue weighted by Crippen LogP contribution is -2.05. The zero-order chi connectivity index (χ0) is 22.1. The number of amides is 1. The van der Waals surface area contributed by atoms with E-state index in [2.05, 4.69) is 15.5 Å². The van der Waals surface area contributed by atoms with Gasteiger partial charge >= 0.3 is 0 Å². The lowest BCUT2D eigenvalue weighted by Gasteiger charge is -2.09. The molecule has 3 aromatic rings. The molecule has 0 saturated heterocycles. The lowest BCUT2D eigenvalue weighted by molar-refractivity contribution is -0.114. The average molecular weight is 449 g/mol. The van der Waals surface area contributed by atoms with Crippen LogP contribution in [-0.4, -0.2) is 31.8 Å². The maximum atomic E-state index is 11.8. The van der Waals surface area contributed by atoms with Crippen molar-refractivity contribution in [3.63, 3.8) is 0 Å². The summed E-state index contributed by atoms with van der Waals surface area (Å²) in [5.41, 5.74) is 0.497. The monoisotopic (exact) mass is 449 g/mol. The van der Waals surface area contributed by atoms with Gasteiger partial charge in [0.2, 0.25) is 5.91 Å². The van der Waals surface area contributed by atoms with Crippen LogP contribution >= 0.6 is 0 Å². The molecule has 0 saturated carbocycles. The molecule has 156 valence electrons. The van der Waals surface area contributed by atoms with Gasteiger partial charge in [-0.1, -0.05) is 24.3 Å². The van der Waals surface area contributed by atoms with E-state index >= 15 is 0 Å². The molecule has 3 N–H and O–H groups in total. The number of azo groups is 1. The van der Waals surface area contributed by atoms with Crippen molar-refractivity contribution in [1.82, 2.24) is 0 Å². The molecular weight excluding hydrogens is 434 g/mol. The van der Waals surface area contributed by atoms with Crippen LogP contribution in [0.5, 0.6) is 0 Å². The van der Waals surface area contributed by atoms with Crippen LogP contribution in [0.15, 0.2) is 74.6 Å². The van der Waals surface area contributed by atoms with Gasteiger partial charge in [-0.05, 0) is 30.3 Å². The number of hydrogen-bond donors (Lipinski definition) is 3. The van der Waals surface area contributed by atoms with Crippen LogP contribution in [0.2, 0.25) is 0 Å². The number of fused-ring (bicyclic) bond motifs is 1. The Labute approximate surface area is 171 Å². The number of anilines is 1. The molecule has 0 fully saturated rings. The van der Waals surface area contributed by atoms with E-state index in [1.807, 2.05) is 0 Å². The number of nitrogens with zero attached hydrogens (tertiary/aromatic N) is 2. The number of rotatable bonds is 5. The Morgan fingerprint density at radius 3 is 2.13 bits per heavy atom. The van der Waals surface area contributed by atoms with Crippen molar-refractivity contribution in [2.45, 2.75) is 16.7 Å². The van der Waals surface area contributed by atoms with Crippen molar-refractivity contribution in [3.8, 4) is 0 Å². The summed E-state index contributed by atoms with van der Waals surface area (Å²) in [6, 6.07) is 12.2. The number of nitrogens with one attached hydrogen (secondary N) is 1. The molecular formula is C18H15N3O7S2. The van der Waals surface area contributed by atoms with Crippen molar-refractivity contribution >= 4 is 54.0 Å². The zero-order valence-corrected chi connectivity index (χ0v) is 17.0. The third-order valence-electron chi connectivity index (χ3n) is 3.95. The van der Waals surface area contributed by atoms with E-state index in [4.69, 9.17) is 0 Å². The van der Waals surface area contributed by atoms with Crippen molar-refractivity contribution < 1.29 is 30.7 Å². The Bertz CT molecular complexity index is 1400. The molecule has 0 aliphatic carbocycles. The van der Waals surface area contributed by atoms with E-state index in [9.17, 15) is 30.7 Å². The molecule has 0 aliphatic rings. The molecule has 0 unspecified atom stereocenters. The second-order valence-electron chi connectivity index (χ2n) is 6.14. The van der Waals surface area contributed by atoms with Crippen LogP contribution in [0.3, 0.4) is 0 Å². The molecule has 30 heavy (non-hydrogen) atoms. The highest BCUT2D eigenvalue weighted by Gasteiger charge is 2.21. The molecule has 0 aromatic heterocycles. The van der Waals surface area contributed by atoms with E-state index < -0.39 is 30.0 Å². The molecule has 0 aliphatic heterocycles. The lowest BCUT2D eigenvalue weighted by atomic mass is 10.1. The van der Waals surface area contributed by atoms with Gasteiger partial charge in [-0.3, -0.25) is 13.9 Å². The Morgan fingerprint density at radius 1 is 0.833 bits per heavy atom. The number of carbonyl (C=O) groups is 1. The summed E-state index contributed by atoms with van der Waals surface area (Å²) in [6.45, 7) is 1.31. The summed E-state index contributed by atoms with van der Waals surface area (Å²) in [6.07, 6.45) is 0. The van der Waals surface area contributed by atoms with Gasteiger partial charge in [0, 0.05) is 17.7 Å². The molecule has 10 nitrogen and oxygen atoms in total. The van der Waals surface area contributed by atoms with E-state index in [1.165, 1.54) is 25.1 Å². The second-order valence-corrected chi connectivity index (χ2v) is 8.92. The fraction of sp³-hybridized carbons (Fsp3) is 0.0556. The zero-order valence-electron chi connectivity index (χ0n) is 15.3. The summed E-state index contributed by atoms with van der Waals surface area (Å²) in [5.74, 6) is -0.338. The van der Waals surface area contributed by atoms with Crippen LogP contribution in [0.25, 0.3) is 10.8 Å². The Kier molecular flexibility index (Phi) is 5.67. The molecule has 3 rings (SSSR count). The average Bonchev–Trinajstić information content (AvgIpc) is 2.64. The fourth-order valence-corrected chi connectivity index (χ4v) is 4.20. The van der Waals surface area contributed by atoms with Gasteiger partial charge in [0.25, 0.3) is 20.2 Å². The highest BCUT2D eigenvalue weighted by molar-refractivity contribution is 7.86. The first-order valence-electron chi connectivity index (χ1n) is 8.27. The third kappa shape index (κ3) is 4.68. The van der Waals surface area contributed by atoms with E-state index in [0.717, 1.165) is 12.1 Å². The maximum absolute atomic E-state index is 11.8. The minimum absolute atomic E-state index is 0.108. The maximum Gasteiger partial charge on any atom is 0.295 e. The predicted octanol–water partition coefficient (Wildman–Crippen LogP) is 3.71. The van der Waals surface area contributed by atoms with E-state index in [1.54, 1.807) is 24.3 Å². The topological polar surface area (TPSA) is 163 Å². The minimum atomic E-state index is -4.76. The van der Waals surface area contributed by atoms with Gasteiger partial charge in [-0.2, -0.15) is 21.9 Å². The highest BCUT2D eigenvalue weighted by atomic mass is 32.2. The highest BCUT2D eigenvalue weighted by Crippen LogP contribution is 2.34. The first-order valence-corrected chi connectivity index (χ1v) is 11.1. The predicted molar refractivity (Wildman–Crippen MR) is 108 cm³/mol. The van der Waals surface area contributed by atoms with E-state index in [0.29, 0.717) is 5.69 Å². The third-order valence-corrected chi connectivity index (χ3v) is 5.75. The smallest absolute Gasteiger partial charge is 0.295 e. The molecule has 0 atom stereocenters. The van der Waals surface area contributed by atoms with Gasteiger partial charge in [0.1, 0.15) is 15.5 Å². The Morgan fingerprint density at radius 2 is 1.50 bits per heavy atom. The number of benzene rings is 3. The van der Waals surface area contributed by atoms with Gasteiger partial charge in [0.05, 0.1) is 11.4 Å². The largest absolute Gasteiger partial charge is 0.324 e. The van der Waals surface area contributed by atoms with Gasteiger partial charge in [0.15, 0.2) is 0 Å². The fourth-order valence-electron chi connectivity index (χ4n) is 2.77. The standard InChI is InChI=1S/C18H15N3O7S2/c1-11(22)19-15-6-2-3-7-16(15)21-20-12-9-14-13(18(10-12)30(26,27)28)5-4-8-17(14)29(23,24)25/h2-10H,1H3,(H,19,22)(H,23,24,25)(H,26,27,28). The molecule has 0 spiro atoms. The van der Waals surface area contributed by atoms with Crippen molar-refractivity contribution in [1.29, 1.82) is 0 Å². The summed E-state index contributed by atoms with van der Waals surface area (Å²) in [5, 5.41) is 10.2. The van der Waals surface area contributed by atoms with Crippen LogP contribution in [0, 0.1) is 0 Å². The second kappa shape index (κ2) is 7.91. The molecule has 0 heterocycles. The van der Waals surface area contributed by atoms with Crippen molar-refractivity contribution in [2.24, 2.45) is 10.2 Å². The van der Waals surface area contributed by atoms with Crippen molar-refractivity contribution in [3.05, 3.63) is 54.6 Å².